The molecule has 0 bridgehead atoms. The van der Waals surface area contributed by atoms with Crippen LogP contribution in [0.4, 0.5) is 0 Å². The molecule has 1 aliphatic heterocycles. The number of carbonyl (C=O) groups is 1. The van der Waals surface area contributed by atoms with Gasteiger partial charge in [-0.15, -0.1) is 11.8 Å². The predicted octanol–water partition coefficient (Wildman–Crippen LogP) is 1.64. The number of hydrogen-bond acceptors (Lipinski definition) is 3. The standard InChI is InChI=1S/C10H16N2OS/c1-8(7-11)12(2)10(13)9-5-3-4-6-14-9/h8-9H,3-6H2,1-2H3. The van der Waals surface area contributed by atoms with E-state index < -0.39 is 0 Å². The van der Waals surface area contributed by atoms with Crippen molar-refractivity contribution >= 4 is 17.7 Å². The molecule has 14 heavy (non-hydrogen) atoms. The average Bonchev–Trinajstić information content (AvgIpc) is 2.27. The zero-order chi connectivity index (χ0) is 10.6. The molecule has 1 aliphatic rings. The van der Waals surface area contributed by atoms with Crippen LogP contribution in [0.5, 0.6) is 0 Å². The van der Waals surface area contributed by atoms with Gasteiger partial charge in [0.05, 0.1) is 11.3 Å². The number of carbonyl (C=O) groups excluding carboxylic acids is 1. The highest BCUT2D eigenvalue weighted by molar-refractivity contribution is 8.00. The first-order chi connectivity index (χ1) is 6.66. The summed E-state index contributed by atoms with van der Waals surface area (Å²) in [5, 5.41) is 8.79. The van der Waals surface area contributed by atoms with E-state index in [1.165, 1.54) is 6.42 Å². The molecule has 78 valence electrons. The van der Waals surface area contributed by atoms with Crippen LogP contribution in [0.25, 0.3) is 0 Å². The maximum absolute atomic E-state index is 11.9. The van der Waals surface area contributed by atoms with Crippen molar-refractivity contribution in [1.29, 1.82) is 5.26 Å². The molecule has 0 aromatic heterocycles. The fraction of sp³-hybridized carbons (Fsp3) is 0.800. The lowest BCUT2D eigenvalue weighted by molar-refractivity contribution is -0.130. The van der Waals surface area contributed by atoms with Gasteiger partial charge < -0.3 is 4.90 Å². The third-order valence-electron chi connectivity index (χ3n) is 2.57. The van der Waals surface area contributed by atoms with Crippen molar-refractivity contribution in [2.24, 2.45) is 0 Å². The first-order valence-electron chi connectivity index (χ1n) is 4.94. The van der Waals surface area contributed by atoms with Crippen LogP contribution in [0.15, 0.2) is 0 Å². The number of nitriles is 1. The van der Waals surface area contributed by atoms with Gasteiger partial charge in [-0.05, 0) is 25.5 Å². The van der Waals surface area contributed by atoms with Gasteiger partial charge in [-0.3, -0.25) is 4.79 Å². The maximum atomic E-state index is 11.9. The SMILES string of the molecule is CC(C#N)N(C)C(=O)C1CCCCS1. The molecule has 0 saturated carbocycles. The molecule has 1 rings (SSSR count). The highest BCUT2D eigenvalue weighted by Crippen LogP contribution is 2.26. The first-order valence-corrected chi connectivity index (χ1v) is 5.99. The minimum absolute atomic E-state index is 0.0875. The largest absolute Gasteiger partial charge is 0.329 e. The molecule has 1 heterocycles. The molecule has 2 unspecified atom stereocenters. The molecule has 4 heteroatoms. The number of hydrogen-bond donors (Lipinski definition) is 0. The van der Waals surface area contributed by atoms with Crippen molar-refractivity contribution in [1.82, 2.24) is 4.90 Å². The summed E-state index contributed by atoms with van der Waals surface area (Å²) in [7, 11) is 1.71. The van der Waals surface area contributed by atoms with Crippen molar-refractivity contribution in [3.05, 3.63) is 0 Å². The van der Waals surface area contributed by atoms with Gasteiger partial charge in [-0.25, -0.2) is 0 Å². The van der Waals surface area contributed by atoms with Crippen LogP contribution in [0.3, 0.4) is 0 Å². The van der Waals surface area contributed by atoms with Gasteiger partial charge >= 0.3 is 0 Å². The molecule has 1 amide bonds. The average molecular weight is 212 g/mol. The second-order valence-corrected chi connectivity index (χ2v) is 4.92. The predicted molar refractivity (Wildman–Crippen MR) is 57.9 cm³/mol. The van der Waals surface area contributed by atoms with Crippen LogP contribution in [0.2, 0.25) is 0 Å². The first kappa shape index (κ1) is 11.4. The topological polar surface area (TPSA) is 44.1 Å². The molecule has 0 aromatic rings. The Morgan fingerprint density at radius 1 is 1.64 bits per heavy atom. The Bertz CT molecular complexity index is 243. The molecule has 2 atom stereocenters. The van der Waals surface area contributed by atoms with Gasteiger partial charge in [0, 0.05) is 7.05 Å². The van der Waals surface area contributed by atoms with Crippen LogP contribution in [-0.2, 0) is 4.79 Å². The smallest absolute Gasteiger partial charge is 0.236 e. The summed E-state index contributed by atoms with van der Waals surface area (Å²) in [6, 6.07) is 1.77. The zero-order valence-electron chi connectivity index (χ0n) is 8.69. The summed E-state index contributed by atoms with van der Waals surface area (Å²) in [5.74, 6) is 1.19. The van der Waals surface area contributed by atoms with E-state index in [2.05, 4.69) is 6.07 Å². The van der Waals surface area contributed by atoms with Crippen LogP contribution >= 0.6 is 11.8 Å². The van der Waals surface area contributed by atoms with Gasteiger partial charge in [0.25, 0.3) is 0 Å². The monoisotopic (exact) mass is 212 g/mol. The molecule has 1 fully saturated rings. The molecule has 0 aromatic carbocycles. The molecule has 0 N–H and O–H groups in total. The lowest BCUT2D eigenvalue weighted by Crippen LogP contribution is -2.40. The highest BCUT2D eigenvalue weighted by atomic mass is 32.2. The van der Waals surface area contributed by atoms with Crippen LogP contribution < -0.4 is 0 Å². The van der Waals surface area contributed by atoms with Gasteiger partial charge in [-0.1, -0.05) is 6.42 Å². The van der Waals surface area contributed by atoms with Crippen molar-refractivity contribution in [2.45, 2.75) is 37.5 Å². The van der Waals surface area contributed by atoms with Gasteiger partial charge in [0.2, 0.25) is 5.91 Å². The summed E-state index contributed by atoms with van der Waals surface area (Å²) >= 11 is 1.73. The summed E-state index contributed by atoms with van der Waals surface area (Å²) in [6.45, 7) is 1.76. The molecular formula is C10H16N2OS. The van der Waals surface area contributed by atoms with Crippen LogP contribution in [0, 0.1) is 11.3 Å². The fourth-order valence-corrected chi connectivity index (χ4v) is 2.74. The summed E-state index contributed by atoms with van der Waals surface area (Å²) in [6.07, 6.45) is 3.32. The van der Waals surface area contributed by atoms with E-state index in [9.17, 15) is 4.79 Å². The lowest BCUT2D eigenvalue weighted by Gasteiger charge is -2.27. The normalized spacial score (nSPS) is 23.6. The van der Waals surface area contributed by atoms with E-state index in [1.807, 2.05) is 0 Å². The second-order valence-electron chi connectivity index (χ2n) is 3.61. The van der Waals surface area contributed by atoms with E-state index in [1.54, 1.807) is 30.6 Å². The van der Waals surface area contributed by atoms with Gasteiger partial charge in [0.15, 0.2) is 0 Å². The third-order valence-corrected chi connectivity index (χ3v) is 3.93. The van der Waals surface area contributed by atoms with E-state index in [-0.39, 0.29) is 17.2 Å². The summed E-state index contributed by atoms with van der Waals surface area (Å²) < 4.78 is 0. The quantitative estimate of drug-likeness (QED) is 0.699. The van der Waals surface area contributed by atoms with Gasteiger partial charge in [0.1, 0.15) is 6.04 Å². The van der Waals surface area contributed by atoms with E-state index >= 15 is 0 Å². The maximum Gasteiger partial charge on any atom is 0.236 e. The number of amides is 1. The Balaban J connectivity index is 2.51. The van der Waals surface area contributed by atoms with Crippen molar-refractivity contribution in [2.75, 3.05) is 12.8 Å². The number of thioether (sulfide) groups is 1. The highest BCUT2D eigenvalue weighted by Gasteiger charge is 2.26. The minimum atomic E-state index is -0.315. The van der Waals surface area contributed by atoms with Gasteiger partial charge in [-0.2, -0.15) is 5.26 Å². The number of rotatable bonds is 2. The third kappa shape index (κ3) is 2.65. The van der Waals surface area contributed by atoms with Crippen molar-refractivity contribution in [3.63, 3.8) is 0 Å². The Morgan fingerprint density at radius 3 is 2.86 bits per heavy atom. The molecule has 0 radical (unpaired) electrons. The Labute approximate surface area is 89.5 Å². The Morgan fingerprint density at radius 2 is 2.36 bits per heavy atom. The lowest BCUT2D eigenvalue weighted by atomic mass is 10.1. The minimum Gasteiger partial charge on any atom is -0.329 e. The summed E-state index contributed by atoms with van der Waals surface area (Å²) in [4.78, 5) is 13.4. The Hall–Kier alpha value is -0.690. The molecule has 3 nitrogen and oxygen atoms in total. The van der Waals surface area contributed by atoms with E-state index in [4.69, 9.17) is 5.26 Å². The number of nitrogens with zero attached hydrogens (tertiary/aromatic N) is 2. The van der Waals surface area contributed by atoms with Crippen LogP contribution in [-0.4, -0.2) is 34.9 Å². The van der Waals surface area contributed by atoms with E-state index in [0.717, 1.165) is 18.6 Å². The zero-order valence-corrected chi connectivity index (χ0v) is 9.51. The molecule has 1 saturated heterocycles. The molecule has 0 aliphatic carbocycles. The second kappa shape index (κ2) is 5.26. The van der Waals surface area contributed by atoms with Crippen molar-refractivity contribution in [3.8, 4) is 6.07 Å². The summed E-state index contributed by atoms with van der Waals surface area (Å²) in [5.41, 5.74) is 0. The van der Waals surface area contributed by atoms with Crippen molar-refractivity contribution < 1.29 is 4.79 Å². The molecule has 0 spiro atoms. The van der Waals surface area contributed by atoms with Crippen LogP contribution in [0.1, 0.15) is 26.2 Å². The molecular weight excluding hydrogens is 196 g/mol. The fourth-order valence-electron chi connectivity index (χ4n) is 1.44. The van der Waals surface area contributed by atoms with E-state index in [0.29, 0.717) is 0 Å². The Kier molecular flexibility index (Phi) is 4.27.